The van der Waals surface area contributed by atoms with Gasteiger partial charge in [-0.2, -0.15) is 0 Å². The predicted octanol–water partition coefficient (Wildman–Crippen LogP) is 3.20. The third kappa shape index (κ3) is 1.47. The Hall–Kier alpha value is -0.0400. The fraction of sp³-hybridized carbons (Fsp3) is 1.00. The molecule has 4 atom stereocenters. The van der Waals surface area contributed by atoms with Crippen molar-refractivity contribution in [3.63, 3.8) is 0 Å². The minimum atomic E-state index is 0.911. The molecule has 4 saturated carbocycles. The molecule has 0 spiro atoms. The van der Waals surface area contributed by atoms with Gasteiger partial charge in [0, 0.05) is 6.04 Å². The molecule has 16 heavy (non-hydrogen) atoms. The van der Waals surface area contributed by atoms with Crippen LogP contribution in [0.25, 0.3) is 0 Å². The highest BCUT2D eigenvalue weighted by Gasteiger charge is 2.45. The van der Waals surface area contributed by atoms with Crippen molar-refractivity contribution in [1.82, 2.24) is 5.32 Å². The molecule has 2 aliphatic heterocycles. The summed E-state index contributed by atoms with van der Waals surface area (Å²) in [7, 11) is 0. The first-order valence-electron chi connectivity index (χ1n) is 7.63. The van der Waals surface area contributed by atoms with Gasteiger partial charge < -0.3 is 5.32 Å². The maximum absolute atomic E-state index is 3.83. The van der Waals surface area contributed by atoms with Gasteiger partial charge >= 0.3 is 0 Å². The van der Waals surface area contributed by atoms with Gasteiger partial charge in [-0.3, -0.25) is 0 Å². The number of fused-ring (bicyclic) bond motifs is 7. The molecule has 4 unspecified atom stereocenters. The summed E-state index contributed by atoms with van der Waals surface area (Å²) in [5, 5.41) is 3.83. The van der Waals surface area contributed by atoms with Crippen molar-refractivity contribution in [2.45, 2.75) is 57.4 Å². The summed E-state index contributed by atoms with van der Waals surface area (Å²) in [5.74, 6) is 5.47. The first kappa shape index (κ1) is 9.94. The molecule has 6 fully saturated rings. The van der Waals surface area contributed by atoms with Crippen LogP contribution in [0.5, 0.6) is 0 Å². The number of nitrogens with one attached hydrogen (secondary N) is 1. The highest BCUT2D eigenvalue weighted by Crippen LogP contribution is 2.52. The van der Waals surface area contributed by atoms with E-state index in [1.165, 1.54) is 19.4 Å². The fourth-order valence-corrected chi connectivity index (χ4v) is 5.48. The van der Waals surface area contributed by atoms with Crippen LogP contribution in [0.15, 0.2) is 0 Å². The minimum absolute atomic E-state index is 0.911. The standard InChI is InChI=1S/C15H25N/c1-4-12-5-2-10(1)7-13(12)14-8-11-3-6-15(14)16-9-11/h10-16H,1-9H2. The first-order valence-corrected chi connectivity index (χ1v) is 7.63. The third-order valence-electron chi connectivity index (χ3n) is 6.33. The fourth-order valence-electron chi connectivity index (χ4n) is 5.48. The number of piperidine rings is 2. The van der Waals surface area contributed by atoms with E-state index in [1.54, 1.807) is 38.5 Å². The van der Waals surface area contributed by atoms with Crippen LogP contribution in [0.2, 0.25) is 0 Å². The molecule has 4 aliphatic carbocycles. The Morgan fingerprint density at radius 3 is 1.94 bits per heavy atom. The smallest absolute Gasteiger partial charge is 0.00984 e. The Morgan fingerprint density at radius 1 is 0.688 bits per heavy atom. The van der Waals surface area contributed by atoms with E-state index in [4.69, 9.17) is 0 Å². The van der Waals surface area contributed by atoms with E-state index in [0.29, 0.717) is 0 Å². The van der Waals surface area contributed by atoms with Gasteiger partial charge in [0.1, 0.15) is 0 Å². The van der Waals surface area contributed by atoms with E-state index in [9.17, 15) is 0 Å². The van der Waals surface area contributed by atoms with Gasteiger partial charge in [0.15, 0.2) is 0 Å². The van der Waals surface area contributed by atoms with Crippen LogP contribution >= 0.6 is 0 Å². The van der Waals surface area contributed by atoms with E-state index < -0.39 is 0 Å². The van der Waals surface area contributed by atoms with E-state index in [2.05, 4.69) is 5.32 Å². The Labute approximate surface area is 99.4 Å². The van der Waals surface area contributed by atoms with Crippen molar-refractivity contribution in [1.29, 1.82) is 0 Å². The van der Waals surface area contributed by atoms with Crippen molar-refractivity contribution >= 4 is 0 Å². The molecule has 0 aromatic heterocycles. The molecule has 4 bridgehead atoms. The van der Waals surface area contributed by atoms with Gasteiger partial charge in [0.2, 0.25) is 0 Å². The van der Waals surface area contributed by atoms with Gasteiger partial charge in [-0.15, -0.1) is 0 Å². The maximum atomic E-state index is 3.83. The summed E-state index contributed by atoms with van der Waals surface area (Å²) >= 11 is 0. The van der Waals surface area contributed by atoms with Gasteiger partial charge in [0.25, 0.3) is 0 Å². The SMILES string of the molecule is C1CC2CCC1CC2C1CC2CCC1NC2. The number of rotatable bonds is 1. The molecule has 1 heteroatoms. The molecule has 1 N–H and O–H groups in total. The molecule has 1 nitrogen and oxygen atoms in total. The zero-order chi connectivity index (χ0) is 10.5. The molecule has 90 valence electrons. The molecular formula is C15H25N. The molecule has 2 heterocycles. The van der Waals surface area contributed by atoms with Crippen LogP contribution in [-0.2, 0) is 0 Å². The second kappa shape index (κ2) is 3.73. The predicted molar refractivity (Wildman–Crippen MR) is 66.2 cm³/mol. The molecule has 0 aromatic rings. The lowest BCUT2D eigenvalue weighted by Gasteiger charge is -2.53. The van der Waals surface area contributed by atoms with Crippen molar-refractivity contribution < 1.29 is 0 Å². The second-order valence-electron chi connectivity index (χ2n) is 7.04. The Kier molecular flexibility index (Phi) is 2.32. The number of hydrogen-bond acceptors (Lipinski definition) is 1. The summed E-state index contributed by atoms with van der Waals surface area (Å²) < 4.78 is 0. The molecule has 0 radical (unpaired) electrons. The summed E-state index contributed by atoms with van der Waals surface area (Å²) in [4.78, 5) is 0. The van der Waals surface area contributed by atoms with E-state index in [0.717, 1.165) is 35.6 Å². The largest absolute Gasteiger partial charge is 0.313 e. The lowest BCUT2D eigenvalue weighted by atomic mass is 9.56. The van der Waals surface area contributed by atoms with Gasteiger partial charge in [-0.1, -0.05) is 12.8 Å². The third-order valence-corrected chi connectivity index (χ3v) is 6.33. The van der Waals surface area contributed by atoms with Crippen LogP contribution in [0.4, 0.5) is 0 Å². The van der Waals surface area contributed by atoms with Crippen LogP contribution in [0.1, 0.15) is 51.4 Å². The summed E-state index contributed by atoms with van der Waals surface area (Å²) in [6.45, 7) is 1.34. The summed E-state index contributed by atoms with van der Waals surface area (Å²) in [6.07, 6.45) is 12.5. The van der Waals surface area contributed by atoms with E-state index in [-0.39, 0.29) is 0 Å². The Bertz CT molecular complexity index is 231. The summed E-state index contributed by atoms with van der Waals surface area (Å²) in [5.41, 5.74) is 0. The van der Waals surface area contributed by atoms with Crippen LogP contribution < -0.4 is 5.32 Å². The zero-order valence-corrected chi connectivity index (χ0v) is 10.3. The number of hydrogen-bond donors (Lipinski definition) is 1. The quantitative estimate of drug-likeness (QED) is 0.714. The van der Waals surface area contributed by atoms with Crippen LogP contribution in [-0.4, -0.2) is 12.6 Å². The van der Waals surface area contributed by atoms with Crippen LogP contribution in [0.3, 0.4) is 0 Å². The molecule has 2 saturated heterocycles. The van der Waals surface area contributed by atoms with Gasteiger partial charge in [-0.05, 0) is 74.7 Å². The van der Waals surface area contributed by atoms with E-state index in [1.807, 2.05) is 0 Å². The molecule has 0 aromatic carbocycles. The minimum Gasteiger partial charge on any atom is -0.313 e. The van der Waals surface area contributed by atoms with Gasteiger partial charge in [0.05, 0.1) is 0 Å². The molecule has 6 aliphatic rings. The van der Waals surface area contributed by atoms with Crippen molar-refractivity contribution in [3.05, 3.63) is 0 Å². The first-order chi connectivity index (χ1) is 7.90. The van der Waals surface area contributed by atoms with Crippen molar-refractivity contribution in [2.24, 2.45) is 29.6 Å². The normalized spacial score (nSPS) is 55.5. The highest BCUT2D eigenvalue weighted by molar-refractivity contribution is 4.99. The lowest BCUT2D eigenvalue weighted by Crippen LogP contribution is -2.54. The van der Waals surface area contributed by atoms with Gasteiger partial charge in [-0.25, -0.2) is 0 Å². The van der Waals surface area contributed by atoms with E-state index >= 15 is 0 Å². The average molecular weight is 219 g/mol. The summed E-state index contributed by atoms with van der Waals surface area (Å²) in [6, 6.07) is 0.911. The Balaban J connectivity index is 1.53. The molecular weight excluding hydrogens is 194 g/mol. The van der Waals surface area contributed by atoms with Crippen molar-refractivity contribution in [3.8, 4) is 0 Å². The average Bonchev–Trinajstić information content (AvgIpc) is 2.41. The van der Waals surface area contributed by atoms with Crippen LogP contribution in [0, 0.1) is 29.6 Å². The molecule has 0 amide bonds. The Morgan fingerprint density at radius 2 is 1.44 bits per heavy atom. The van der Waals surface area contributed by atoms with Crippen molar-refractivity contribution in [2.75, 3.05) is 6.54 Å². The lowest BCUT2D eigenvalue weighted by molar-refractivity contribution is -0.00140. The molecule has 6 rings (SSSR count). The highest BCUT2D eigenvalue weighted by atomic mass is 15.0. The maximum Gasteiger partial charge on any atom is 0.00984 e. The zero-order valence-electron chi connectivity index (χ0n) is 10.3. The second-order valence-corrected chi connectivity index (χ2v) is 7.04. The topological polar surface area (TPSA) is 12.0 Å². The monoisotopic (exact) mass is 219 g/mol.